The van der Waals surface area contributed by atoms with Crippen LogP contribution in [-0.2, 0) is 26.0 Å². The molecule has 4 rings (SSSR count). The molecule has 3 aromatic rings. The minimum Gasteiger partial charge on any atom is -0.376 e. The number of rotatable bonds is 7. The molecule has 180 valence electrons. The smallest absolute Gasteiger partial charge is 0.252 e. The molecule has 1 saturated heterocycles. The van der Waals surface area contributed by atoms with Crippen molar-refractivity contribution in [2.75, 3.05) is 26.4 Å². The summed E-state index contributed by atoms with van der Waals surface area (Å²) in [4.78, 5) is 27.4. The van der Waals surface area contributed by atoms with Crippen LogP contribution in [-0.4, -0.2) is 56.0 Å². The number of ketones is 1. The van der Waals surface area contributed by atoms with Crippen molar-refractivity contribution in [1.29, 1.82) is 0 Å². The lowest BCUT2D eigenvalue weighted by molar-refractivity contribution is -0.0923. The molecular formula is C25H28N2O6S. The average molecular weight is 485 g/mol. The molecule has 9 heteroatoms. The van der Waals surface area contributed by atoms with Crippen LogP contribution in [0.15, 0.2) is 52.2 Å². The number of nitrogens with zero attached hydrogens (tertiary/aromatic N) is 1. The molecule has 0 aliphatic carbocycles. The second kappa shape index (κ2) is 9.79. The van der Waals surface area contributed by atoms with Crippen LogP contribution in [0.4, 0.5) is 0 Å². The van der Waals surface area contributed by atoms with Crippen molar-refractivity contribution in [3.05, 3.63) is 75.1 Å². The van der Waals surface area contributed by atoms with E-state index in [4.69, 9.17) is 9.47 Å². The van der Waals surface area contributed by atoms with E-state index in [1.54, 1.807) is 6.07 Å². The minimum absolute atomic E-state index is 0.0290. The van der Waals surface area contributed by atoms with Crippen molar-refractivity contribution in [1.82, 2.24) is 9.29 Å². The molecule has 0 bridgehead atoms. The summed E-state index contributed by atoms with van der Waals surface area (Å²) in [5.41, 5.74) is 3.25. The molecule has 1 aliphatic rings. The SMILES string of the molecule is CC(=O)c1ccc(S(=O)(=O)N(Cc2cc3cc(C)c(C)cc3[nH]c2=O)C[C@@H]2COCCO2)cc1. The molecular weight excluding hydrogens is 456 g/mol. The van der Waals surface area contributed by atoms with Crippen LogP contribution in [0.25, 0.3) is 10.9 Å². The van der Waals surface area contributed by atoms with E-state index >= 15 is 0 Å². The normalized spacial score (nSPS) is 16.8. The van der Waals surface area contributed by atoms with Crippen molar-refractivity contribution in [2.45, 2.75) is 38.3 Å². The van der Waals surface area contributed by atoms with E-state index in [1.165, 1.54) is 35.5 Å². The number of fused-ring (bicyclic) bond motifs is 1. The van der Waals surface area contributed by atoms with Gasteiger partial charge in [-0.15, -0.1) is 0 Å². The Balaban J connectivity index is 1.72. The van der Waals surface area contributed by atoms with Crippen LogP contribution in [0.1, 0.15) is 34.0 Å². The Hall–Kier alpha value is -2.85. The number of pyridine rings is 1. The molecule has 0 unspecified atom stereocenters. The molecule has 1 aromatic heterocycles. The van der Waals surface area contributed by atoms with E-state index in [-0.39, 0.29) is 35.9 Å². The van der Waals surface area contributed by atoms with Crippen LogP contribution in [0.5, 0.6) is 0 Å². The molecule has 0 spiro atoms. The molecule has 1 N–H and O–H groups in total. The van der Waals surface area contributed by atoms with E-state index in [0.29, 0.717) is 29.9 Å². The van der Waals surface area contributed by atoms with Crippen molar-refractivity contribution in [2.24, 2.45) is 0 Å². The third kappa shape index (κ3) is 5.12. The van der Waals surface area contributed by atoms with Crippen LogP contribution >= 0.6 is 0 Å². The molecule has 1 atom stereocenters. The molecule has 1 fully saturated rings. The van der Waals surface area contributed by atoms with E-state index in [9.17, 15) is 18.0 Å². The number of hydrogen-bond donors (Lipinski definition) is 1. The number of hydrogen-bond acceptors (Lipinski definition) is 6. The first-order valence-corrected chi connectivity index (χ1v) is 12.5. The van der Waals surface area contributed by atoms with Crippen LogP contribution < -0.4 is 5.56 Å². The average Bonchev–Trinajstić information content (AvgIpc) is 2.81. The molecule has 1 aliphatic heterocycles. The predicted molar refractivity (Wildman–Crippen MR) is 129 cm³/mol. The maximum absolute atomic E-state index is 13.6. The van der Waals surface area contributed by atoms with Crippen molar-refractivity contribution < 1.29 is 22.7 Å². The highest BCUT2D eigenvalue weighted by atomic mass is 32.2. The van der Waals surface area contributed by atoms with Gasteiger partial charge < -0.3 is 14.5 Å². The van der Waals surface area contributed by atoms with Gasteiger partial charge in [-0.2, -0.15) is 4.31 Å². The first-order chi connectivity index (χ1) is 16.1. The number of sulfonamides is 1. The number of carbonyl (C=O) groups is 1. The highest BCUT2D eigenvalue weighted by Crippen LogP contribution is 2.22. The minimum atomic E-state index is -3.99. The van der Waals surface area contributed by atoms with Gasteiger partial charge in [-0.05, 0) is 67.6 Å². The Morgan fingerprint density at radius 1 is 1.09 bits per heavy atom. The van der Waals surface area contributed by atoms with Gasteiger partial charge in [0.15, 0.2) is 5.78 Å². The van der Waals surface area contributed by atoms with Crippen LogP contribution in [0.3, 0.4) is 0 Å². The number of Topliss-reactive ketones (excluding diaryl/α,β-unsaturated/α-hetero) is 1. The van der Waals surface area contributed by atoms with Crippen molar-refractivity contribution >= 4 is 26.7 Å². The molecule has 8 nitrogen and oxygen atoms in total. The summed E-state index contributed by atoms with van der Waals surface area (Å²) >= 11 is 0. The van der Waals surface area contributed by atoms with Gasteiger partial charge in [-0.25, -0.2) is 8.42 Å². The van der Waals surface area contributed by atoms with E-state index in [1.807, 2.05) is 26.0 Å². The number of aromatic nitrogens is 1. The molecule has 0 radical (unpaired) electrons. The van der Waals surface area contributed by atoms with E-state index < -0.39 is 16.1 Å². The Bertz CT molecular complexity index is 1370. The summed E-state index contributed by atoms with van der Waals surface area (Å²) in [6, 6.07) is 11.4. The van der Waals surface area contributed by atoms with Crippen LogP contribution in [0.2, 0.25) is 0 Å². The maximum Gasteiger partial charge on any atom is 0.252 e. The summed E-state index contributed by atoms with van der Waals surface area (Å²) in [5.74, 6) is -0.151. The second-order valence-corrected chi connectivity index (χ2v) is 10.5. The first kappa shape index (κ1) is 24.3. The summed E-state index contributed by atoms with van der Waals surface area (Å²) in [5, 5.41) is 0.832. The lowest BCUT2D eigenvalue weighted by Crippen LogP contribution is -2.43. The fourth-order valence-corrected chi connectivity index (χ4v) is 5.41. The summed E-state index contributed by atoms with van der Waals surface area (Å²) in [7, 11) is -3.99. The number of aryl methyl sites for hydroxylation is 2. The van der Waals surface area contributed by atoms with Crippen molar-refractivity contribution in [3.8, 4) is 0 Å². The number of aromatic amines is 1. The van der Waals surface area contributed by atoms with E-state index in [0.717, 1.165) is 16.5 Å². The highest BCUT2D eigenvalue weighted by molar-refractivity contribution is 7.89. The van der Waals surface area contributed by atoms with Gasteiger partial charge in [0.2, 0.25) is 10.0 Å². The zero-order valence-electron chi connectivity index (χ0n) is 19.5. The lowest BCUT2D eigenvalue weighted by Gasteiger charge is -2.29. The fraction of sp³-hybridized carbons (Fsp3) is 0.360. The van der Waals surface area contributed by atoms with Gasteiger partial charge in [0, 0.05) is 29.7 Å². The Morgan fingerprint density at radius 2 is 1.79 bits per heavy atom. The topological polar surface area (TPSA) is 106 Å². The standard InChI is InChI=1S/C25H28N2O6S/c1-16-10-20-12-21(25(29)26-24(20)11-17(16)2)13-27(14-22-15-32-8-9-33-22)34(30,31)23-6-4-19(5-7-23)18(3)28/h4-7,10-12,22H,8-9,13-15H2,1-3H3,(H,26,29)/t22-/m1/s1. The summed E-state index contributed by atoms with van der Waals surface area (Å²) in [6.07, 6.45) is -0.454. The monoisotopic (exact) mass is 484 g/mol. The van der Waals surface area contributed by atoms with Gasteiger partial charge in [-0.1, -0.05) is 12.1 Å². The third-order valence-corrected chi connectivity index (χ3v) is 7.90. The largest absolute Gasteiger partial charge is 0.376 e. The highest BCUT2D eigenvalue weighted by Gasteiger charge is 2.30. The number of carbonyl (C=O) groups excluding carboxylic acids is 1. The lowest BCUT2D eigenvalue weighted by atomic mass is 10.0. The zero-order valence-corrected chi connectivity index (χ0v) is 20.3. The molecule has 2 heterocycles. The fourth-order valence-electron chi connectivity index (χ4n) is 3.96. The summed E-state index contributed by atoms with van der Waals surface area (Å²) < 4.78 is 39.6. The number of ether oxygens (including phenoxy) is 2. The maximum atomic E-state index is 13.6. The zero-order chi connectivity index (χ0) is 24.5. The molecule has 0 amide bonds. The van der Waals surface area contributed by atoms with Gasteiger partial charge in [0.1, 0.15) is 0 Å². The Morgan fingerprint density at radius 3 is 2.44 bits per heavy atom. The van der Waals surface area contributed by atoms with Crippen molar-refractivity contribution in [3.63, 3.8) is 0 Å². The molecule has 0 saturated carbocycles. The number of benzene rings is 2. The first-order valence-electron chi connectivity index (χ1n) is 11.1. The summed E-state index contributed by atoms with van der Waals surface area (Å²) in [6.45, 7) is 6.38. The van der Waals surface area contributed by atoms with Gasteiger partial charge >= 0.3 is 0 Å². The number of H-pyrrole nitrogens is 1. The number of nitrogens with one attached hydrogen (secondary N) is 1. The van der Waals surface area contributed by atoms with E-state index in [2.05, 4.69) is 4.98 Å². The predicted octanol–water partition coefficient (Wildman–Crippen LogP) is 2.95. The quantitative estimate of drug-likeness (QED) is 0.517. The van der Waals surface area contributed by atoms with Gasteiger partial charge in [-0.3, -0.25) is 9.59 Å². The Kier molecular flexibility index (Phi) is 6.99. The van der Waals surface area contributed by atoms with Gasteiger partial charge in [0.25, 0.3) is 5.56 Å². The molecule has 2 aromatic carbocycles. The Labute approximate surface area is 198 Å². The third-order valence-electron chi connectivity index (χ3n) is 6.07. The van der Waals surface area contributed by atoms with Gasteiger partial charge in [0.05, 0.1) is 30.8 Å². The molecule has 34 heavy (non-hydrogen) atoms. The second-order valence-electron chi connectivity index (χ2n) is 8.59. The van der Waals surface area contributed by atoms with Crippen LogP contribution in [0, 0.1) is 13.8 Å².